The van der Waals surface area contributed by atoms with E-state index in [4.69, 9.17) is 0 Å². The van der Waals surface area contributed by atoms with Crippen LogP contribution in [0.3, 0.4) is 0 Å². The van der Waals surface area contributed by atoms with E-state index in [0.717, 1.165) is 6.42 Å². The zero-order valence-electron chi connectivity index (χ0n) is 11.3. The van der Waals surface area contributed by atoms with Crippen LogP contribution in [0.25, 0.3) is 0 Å². The summed E-state index contributed by atoms with van der Waals surface area (Å²) < 4.78 is 0. The highest BCUT2D eigenvalue weighted by atomic mass is 16.4. The number of carbonyl (C=O) groups is 2. The Morgan fingerprint density at radius 2 is 1.63 bits per heavy atom. The standard InChI is InChI=1S/C15H19NO3/c1-10-7-11(2)9-16(8-10)14(17)12-5-3-4-6-13(12)15(18)19/h3-6,10-11H,7-9H2,1-2H3,(H,18,19)/p-1/t10-,11+. The molecule has 1 amide bonds. The molecule has 2 atom stereocenters. The van der Waals surface area contributed by atoms with E-state index in [1.54, 1.807) is 23.1 Å². The number of likely N-dealkylation sites (tertiary alicyclic amines) is 1. The largest absolute Gasteiger partial charge is 0.545 e. The van der Waals surface area contributed by atoms with Crippen LogP contribution in [0.4, 0.5) is 0 Å². The number of hydrogen-bond donors (Lipinski definition) is 0. The van der Waals surface area contributed by atoms with Gasteiger partial charge >= 0.3 is 0 Å². The van der Waals surface area contributed by atoms with Gasteiger partial charge in [-0.05, 0) is 24.3 Å². The van der Waals surface area contributed by atoms with Crippen LogP contribution in [0.1, 0.15) is 41.0 Å². The van der Waals surface area contributed by atoms with Crippen LogP contribution in [-0.2, 0) is 0 Å². The van der Waals surface area contributed by atoms with Gasteiger partial charge in [-0.1, -0.05) is 32.0 Å². The van der Waals surface area contributed by atoms with E-state index < -0.39 is 5.97 Å². The Bertz CT molecular complexity index is 488. The molecule has 0 unspecified atom stereocenters. The maximum atomic E-state index is 12.5. The molecule has 0 saturated carbocycles. The maximum Gasteiger partial charge on any atom is 0.254 e. The Morgan fingerprint density at radius 3 is 2.16 bits per heavy atom. The first-order valence-electron chi connectivity index (χ1n) is 6.58. The van der Waals surface area contributed by atoms with Gasteiger partial charge in [-0.25, -0.2) is 0 Å². The second-order valence-electron chi connectivity index (χ2n) is 5.49. The Hall–Kier alpha value is -1.84. The van der Waals surface area contributed by atoms with Crippen LogP contribution in [0.5, 0.6) is 0 Å². The van der Waals surface area contributed by atoms with E-state index in [2.05, 4.69) is 13.8 Å². The Labute approximate surface area is 113 Å². The molecule has 2 rings (SSSR count). The maximum absolute atomic E-state index is 12.5. The molecular weight excluding hydrogens is 242 g/mol. The Balaban J connectivity index is 2.27. The highest BCUT2D eigenvalue weighted by Crippen LogP contribution is 2.23. The van der Waals surface area contributed by atoms with Crippen molar-refractivity contribution in [1.82, 2.24) is 4.90 Å². The number of piperidine rings is 1. The lowest BCUT2D eigenvalue weighted by atomic mass is 9.91. The summed E-state index contributed by atoms with van der Waals surface area (Å²) in [5, 5.41) is 11.1. The number of aromatic carboxylic acids is 1. The van der Waals surface area contributed by atoms with Gasteiger partial charge in [0.15, 0.2) is 0 Å². The molecular formula is C15H18NO3-. The third-order valence-corrected chi connectivity index (χ3v) is 3.53. The van der Waals surface area contributed by atoms with Crippen molar-refractivity contribution < 1.29 is 14.7 Å². The number of carboxylic acid groups (broad SMARTS) is 1. The molecule has 0 aromatic heterocycles. The van der Waals surface area contributed by atoms with Gasteiger partial charge in [0.25, 0.3) is 5.91 Å². The first-order chi connectivity index (χ1) is 8.99. The molecule has 102 valence electrons. The zero-order valence-corrected chi connectivity index (χ0v) is 11.3. The zero-order chi connectivity index (χ0) is 14.0. The predicted molar refractivity (Wildman–Crippen MR) is 69.6 cm³/mol. The molecule has 0 N–H and O–H groups in total. The van der Waals surface area contributed by atoms with Crippen LogP contribution < -0.4 is 5.11 Å². The molecule has 0 spiro atoms. The average Bonchev–Trinajstić information content (AvgIpc) is 2.36. The average molecular weight is 260 g/mol. The van der Waals surface area contributed by atoms with Crippen molar-refractivity contribution in [2.45, 2.75) is 20.3 Å². The molecule has 4 heteroatoms. The van der Waals surface area contributed by atoms with E-state index >= 15 is 0 Å². The fraction of sp³-hybridized carbons (Fsp3) is 0.467. The van der Waals surface area contributed by atoms with E-state index in [1.807, 2.05) is 0 Å². The highest BCUT2D eigenvalue weighted by Gasteiger charge is 2.27. The summed E-state index contributed by atoms with van der Waals surface area (Å²) in [6.45, 7) is 5.59. The van der Waals surface area contributed by atoms with E-state index in [-0.39, 0.29) is 17.0 Å². The van der Waals surface area contributed by atoms with Crippen LogP contribution >= 0.6 is 0 Å². The normalized spacial score (nSPS) is 23.2. The quantitative estimate of drug-likeness (QED) is 0.802. The van der Waals surface area contributed by atoms with Crippen molar-refractivity contribution in [2.75, 3.05) is 13.1 Å². The second-order valence-corrected chi connectivity index (χ2v) is 5.49. The number of amides is 1. The predicted octanol–water partition coefficient (Wildman–Crippen LogP) is 1.17. The van der Waals surface area contributed by atoms with Crippen molar-refractivity contribution in [3.8, 4) is 0 Å². The second kappa shape index (κ2) is 5.43. The van der Waals surface area contributed by atoms with Gasteiger partial charge in [-0.15, -0.1) is 0 Å². The molecule has 0 aliphatic carbocycles. The van der Waals surface area contributed by atoms with Crippen LogP contribution in [0.2, 0.25) is 0 Å². The Kier molecular flexibility index (Phi) is 3.88. The summed E-state index contributed by atoms with van der Waals surface area (Å²) in [4.78, 5) is 25.3. The molecule has 1 fully saturated rings. The van der Waals surface area contributed by atoms with Crippen molar-refractivity contribution in [2.24, 2.45) is 11.8 Å². The molecule has 1 heterocycles. The SMILES string of the molecule is C[C@@H]1C[C@H](C)CN(C(=O)c2ccccc2C(=O)[O-])C1. The first kappa shape index (κ1) is 13.6. The minimum absolute atomic E-state index is 0.0293. The number of carboxylic acids is 1. The van der Waals surface area contributed by atoms with Gasteiger partial charge in [-0.2, -0.15) is 0 Å². The number of hydrogen-bond acceptors (Lipinski definition) is 3. The van der Waals surface area contributed by atoms with Gasteiger partial charge in [0.1, 0.15) is 0 Å². The smallest absolute Gasteiger partial charge is 0.254 e. The van der Waals surface area contributed by atoms with Gasteiger partial charge in [0.2, 0.25) is 0 Å². The van der Waals surface area contributed by atoms with Gasteiger partial charge in [0, 0.05) is 24.2 Å². The molecule has 1 aliphatic heterocycles. The van der Waals surface area contributed by atoms with E-state index in [9.17, 15) is 14.7 Å². The van der Waals surface area contributed by atoms with Crippen molar-refractivity contribution in [3.63, 3.8) is 0 Å². The van der Waals surface area contributed by atoms with Crippen molar-refractivity contribution in [1.29, 1.82) is 0 Å². The summed E-state index contributed by atoms with van der Waals surface area (Å²) >= 11 is 0. The molecule has 1 aliphatic rings. The van der Waals surface area contributed by atoms with Crippen LogP contribution in [0.15, 0.2) is 24.3 Å². The van der Waals surface area contributed by atoms with Gasteiger partial charge in [0.05, 0.1) is 5.97 Å². The molecule has 1 saturated heterocycles. The fourth-order valence-electron chi connectivity index (χ4n) is 2.85. The minimum atomic E-state index is -1.30. The summed E-state index contributed by atoms with van der Waals surface area (Å²) in [6.07, 6.45) is 1.10. The molecule has 0 radical (unpaired) electrons. The number of rotatable bonds is 2. The summed E-state index contributed by atoms with van der Waals surface area (Å²) in [5.41, 5.74) is 0.196. The van der Waals surface area contributed by atoms with Crippen LogP contribution in [-0.4, -0.2) is 29.9 Å². The minimum Gasteiger partial charge on any atom is -0.545 e. The number of carbonyl (C=O) groups excluding carboxylic acids is 2. The Morgan fingerprint density at radius 1 is 1.11 bits per heavy atom. The van der Waals surface area contributed by atoms with Gasteiger partial charge in [-0.3, -0.25) is 4.79 Å². The summed E-state index contributed by atoms with van der Waals surface area (Å²) in [6, 6.07) is 6.25. The van der Waals surface area contributed by atoms with Crippen molar-refractivity contribution in [3.05, 3.63) is 35.4 Å². The van der Waals surface area contributed by atoms with Gasteiger partial charge < -0.3 is 14.8 Å². The number of benzene rings is 1. The summed E-state index contributed by atoms with van der Waals surface area (Å²) in [5.74, 6) is -0.620. The molecule has 0 bridgehead atoms. The molecule has 1 aromatic carbocycles. The lowest BCUT2D eigenvalue weighted by molar-refractivity contribution is -0.255. The van der Waals surface area contributed by atoms with E-state index in [0.29, 0.717) is 24.9 Å². The highest BCUT2D eigenvalue weighted by molar-refractivity contribution is 6.04. The first-order valence-corrected chi connectivity index (χ1v) is 6.58. The van der Waals surface area contributed by atoms with E-state index in [1.165, 1.54) is 6.07 Å². The third kappa shape index (κ3) is 2.95. The monoisotopic (exact) mass is 260 g/mol. The third-order valence-electron chi connectivity index (χ3n) is 3.53. The van der Waals surface area contributed by atoms with Crippen LogP contribution in [0, 0.1) is 11.8 Å². The fourth-order valence-corrected chi connectivity index (χ4v) is 2.85. The topological polar surface area (TPSA) is 60.4 Å². The summed E-state index contributed by atoms with van der Waals surface area (Å²) in [7, 11) is 0. The molecule has 4 nitrogen and oxygen atoms in total. The molecule has 19 heavy (non-hydrogen) atoms. The van der Waals surface area contributed by atoms with Crippen molar-refractivity contribution >= 4 is 11.9 Å². The molecule has 1 aromatic rings. The number of nitrogens with zero attached hydrogens (tertiary/aromatic N) is 1. The lowest BCUT2D eigenvalue weighted by Gasteiger charge is -2.35. The lowest BCUT2D eigenvalue weighted by Crippen LogP contribution is -2.43.